The SMILES string of the molecule is COc1cc2c(cc1OC)CN(C(=O)CCCCO)CC2. The van der Waals surface area contributed by atoms with E-state index in [0.717, 1.165) is 30.7 Å². The number of methoxy groups -OCH3 is 2. The Morgan fingerprint density at radius 1 is 1.19 bits per heavy atom. The second-order valence-corrected chi connectivity index (χ2v) is 5.22. The number of aliphatic hydroxyl groups excluding tert-OH is 1. The molecule has 1 aliphatic heterocycles. The van der Waals surface area contributed by atoms with Gasteiger partial charge in [0.1, 0.15) is 0 Å². The van der Waals surface area contributed by atoms with E-state index in [2.05, 4.69) is 0 Å². The van der Waals surface area contributed by atoms with Crippen LogP contribution in [0.5, 0.6) is 11.5 Å². The number of hydrogen-bond acceptors (Lipinski definition) is 4. The van der Waals surface area contributed by atoms with Gasteiger partial charge in [-0.2, -0.15) is 0 Å². The van der Waals surface area contributed by atoms with Gasteiger partial charge in [-0.1, -0.05) is 0 Å². The maximum Gasteiger partial charge on any atom is 0.222 e. The maximum absolute atomic E-state index is 12.1. The molecule has 0 bridgehead atoms. The molecule has 0 saturated carbocycles. The van der Waals surface area contributed by atoms with Gasteiger partial charge in [0.2, 0.25) is 5.91 Å². The highest BCUT2D eigenvalue weighted by molar-refractivity contribution is 5.76. The van der Waals surface area contributed by atoms with Gasteiger partial charge in [0.25, 0.3) is 0 Å². The zero-order valence-corrected chi connectivity index (χ0v) is 12.7. The van der Waals surface area contributed by atoms with E-state index in [0.29, 0.717) is 25.1 Å². The summed E-state index contributed by atoms with van der Waals surface area (Å²) in [5, 5.41) is 8.78. The number of aliphatic hydroxyl groups is 1. The van der Waals surface area contributed by atoms with Crippen LogP contribution < -0.4 is 9.47 Å². The van der Waals surface area contributed by atoms with Crippen LogP contribution in [0.4, 0.5) is 0 Å². The predicted molar refractivity (Wildman–Crippen MR) is 79.6 cm³/mol. The van der Waals surface area contributed by atoms with E-state index in [1.807, 2.05) is 17.0 Å². The Labute approximate surface area is 125 Å². The van der Waals surface area contributed by atoms with Crippen LogP contribution in [0.25, 0.3) is 0 Å². The number of fused-ring (bicyclic) bond motifs is 1. The molecule has 0 atom stereocenters. The molecule has 116 valence electrons. The van der Waals surface area contributed by atoms with Crippen molar-refractivity contribution in [3.05, 3.63) is 23.3 Å². The van der Waals surface area contributed by atoms with E-state index in [9.17, 15) is 4.79 Å². The smallest absolute Gasteiger partial charge is 0.222 e. The molecule has 0 spiro atoms. The fourth-order valence-corrected chi connectivity index (χ4v) is 2.64. The Morgan fingerprint density at radius 3 is 2.48 bits per heavy atom. The first-order valence-electron chi connectivity index (χ1n) is 7.32. The van der Waals surface area contributed by atoms with Crippen molar-refractivity contribution in [2.24, 2.45) is 0 Å². The fraction of sp³-hybridized carbons (Fsp3) is 0.562. The average molecular weight is 293 g/mol. The number of carbonyl (C=O) groups is 1. The normalized spacial score (nSPS) is 13.8. The van der Waals surface area contributed by atoms with Crippen LogP contribution >= 0.6 is 0 Å². The number of carbonyl (C=O) groups excluding carboxylic acids is 1. The van der Waals surface area contributed by atoms with Gasteiger partial charge in [0, 0.05) is 26.1 Å². The third-order valence-corrected chi connectivity index (χ3v) is 3.87. The van der Waals surface area contributed by atoms with Gasteiger partial charge in [-0.3, -0.25) is 4.79 Å². The van der Waals surface area contributed by atoms with Crippen LogP contribution in [0.15, 0.2) is 12.1 Å². The molecule has 1 aromatic rings. The number of rotatable bonds is 6. The number of amides is 1. The highest BCUT2D eigenvalue weighted by Gasteiger charge is 2.22. The minimum absolute atomic E-state index is 0.146. The standard InChI is InChI=1S/C16H23NO4/c1-20-14-9-12-6-7-17(16(19)5-3-4-8-18)11-13(12)10-15(14)21-2/h9-10,18H,3-8,11H2,1-2H3. The van der Waals surface area contributed by atoms with Crippen molar-refractivity contribution in [1.29, 1.82) is 0 Å². The Balaban J connectivity index is 2.07. The summed E-state index contributed by atoms with van der Waals surface area (Å²) < 4.78 is 10.6. The van der Waals surface area contributed by atoms with Gasteiger partial charge >= 0.3 is 0 Å². The Hall–Kier alpha value is -1.75. The van der Waals surface area contributed by atoms with Gasteiger partial charge in [-0.05, 0) is 42.5 Å². The van der Waals surface area contributed by atoms with Gasteiger partial charge in [0.15, 0.2) is 11.5 Å². The molecule has 0 saturated heterocycles. The van der Waals surface area contributed by atoms with E-state index in [1.165, 1.54) is 5.56 Å². The molecule has 1 aromatic carbocycles. The number of ether oxygens (including phenoxy) is 2. The maximum atomic E-state index is 12.1. The van der Waals surface area contributed by atoms with Crippen LogP contribution in [-0.4, -0.2) is 43.3 Å². The first-order valence-corrected chi connectivity index (χ1v) is 7.32. The molecule has 0 unspecified atom stereocenters. The molecule has 1 heterocycles. The van der Waals surface area contributed by atoms with Gasteiger partial charge < -0.3 is 19.5 Å². The molecule has 0 radical (unpaired) electrons. The molecule has 5 heteroatoms. The molecular formula is C16H23NO4. The molecule has 1 amide bonds. The van der Waals surface area contributed by atoms with Crippen molar-refractivity contribution in [3.8, 4) is 11.5 Å². The molecule has 1 aliphatic rings. The minimum atomic E-state index is 0.146. The highest BCUT2D eigenvalue weighted by Crippen LogP contribution is 2.33. The second kappa shape index (κ2) is 7.31. The van der Waals surface area contributed by atoms with E-state index in [4.69, 9.17) is 14.6 Å². The van der Waals surface area contributed by atoms with Crippen molar-refractivity contribution in [1.82, 2.24) is 4.90 Å². The van der Waals surface area contributed by atoms with E-state index in [1.54, 1.807) is 14.2 Å². The lowest BCUT2D eigenvalue weighted by Gasteiger charge is -2.29. The molecular weight excluding hydrogens is 270 g/mol. The summed E-state index contributed by atoms with van der Waals surface area (Å²) in [7, 11) is 3.24. The highest BCUT2D eigenvalue weighted by atomic mass is 16.5. The molecule has 21 heavy (non-hydrogen) atoms. The van der Waals surface area contributed by atoms with Gasteiger partial charge in [-0.15, -0.1) is 0 Å². The average Bonchev–Trinajstić information content (AvgIpc) is 2.52. The van der Waals surface area contributed by atoms with Crippen LogP contribution in [0.1, 0.15) is 30.4 Å². The van der Waals surface area contributed by atoms with Crippen molar-refractivity contribution in [3.63, 3.8) is 0 Å². The number of benzene rings is 1. The monoisotopic (exact) mass is 293 g/mol. The Morgan fingerprint density at radius 2 is 1.86 bits per heavy atom. The van der Waals surface area contributed by atoms with E-state index in [-0.39, 0.29) is 12.5 Å². The fourth-order valence-electron chi connectivity index (χ4n) is 2.64. The summed E-state index contributed by atoms with van der Waals surface area (Å²) in [6.45, 7) is 1.50. The van der Waals surface area contributed by atoms with E-state index >= 15 is 0 Å². The summed E-state index contributed by atoms with van der Waals surface area (Å²) in [5.74, 6) is 1.59. The zero-order valence-electron chi connectivity index (χ0n) is 12.7. The minimum Gasteiger partial charge on any atom is -0.493 e. The topological polar surface area (TPSA) is 59.0 Å². The lowest BCUT2D eigenvalue weighted by atomic mass is 9.98. The van der Waals surface area contributed by atoms with Crippen LogP contribution in [-0.2, 0) is 17.8 Å². The van der Waals surface area contributed by atoms with Crippen molar-refractivity contribution >= 4 is 5.91 Å². The molecule has 1 N–H and O–H groups in total. The largest absolute Gasteiger partial charge is 0.493 e. The first-order chi connectivity index (χ1) is 10.2. The van der Waals surface area contributed by atoms with Crippen LogP contribution in [0.3, 0.4) is 0 Å². The summed E-state index contributed by atoms with van der Waals surface area (Å²) in [5.41, 5.74) is 2.33. The van der Waals surface area contributed by atoms with Crippen molar-refractivity contribution < 1.29 is 19.4 Å². The Bertz CT molecular complexity index is 501. The van der Waals surface area contributed by atoms with Gasteiger partial charge in [-0.25, -0.2) is 0 Å². The van der Waals surface area contributed by atoms with Crippen molar-refractivity contribution in [2.75, 3.05) is 27.4 Å². The summed E-state index contributed by atoms with van der Waals surface area (Å²) in [6.07, 6.45) is 2.76. The van der Waals surface area contributed by atoms with Crippen molar-refractivity contribution in [2.45, 2.75) is 32.2 Å². The number of hydrogen-bond donors (Lipinski definition) is 1. The zero-order chi connectivity index (χ0) is 15.2. The number of unbranched alkanes of at least 4 members (excludes halogenated alkanes) is 1. The molecule has 0 aliphatic carbocycles. The third-order valence-electron chi connectivity index (χ3n) is 3.87. The summed E-state index contributed by atoms with van der Waals surface area (Å²) in [4.78, 5) is 14.0. The third kappa shape index (κ3) is 3.67. The predicted octanol–water partition coefficient (Wildman–Crippen LogP) is 1.75. The van der Waals surface area contributed by atoms with Crippen LogP contribution in [0.2, 0.25) is 0 Å². The summed E-state index contributed by atoms with van der Waals surface area (Å²) >= 11 is 0. The van der Waals surface area contributed by atoms with Gasteiger partial charge in [0.05, 0.1) is 14.2 Å². The first kappa shape index (κ1) is 15.6. The lowest BCUT2D eigenvalue weighted by Crippen LogP contribution is -2.35. The Kier molecular flexibility index (Phi) is 5.44. The molecule has 0 aromatic heterocycles. The summed E-state index contributed by atoms with van der Waals surface area (Å²) in [6, 6.07) is 3.96. The molecule has 5 nitrogen and oxygen atoms in total. The second-order valence-electron chi connectivity index (χ2n) is 5.22. The number of nitrogens with zero attached hydrogens (tertiary/aromatic N) is 1. The quantitative estimate of drug-likeness (QED) is 0.812. The molecule has 2 rings (SSSR count). The van der Waals surface area contributed by atoms with Crippen LogP contribution in [0, 0.1) is 0 Å². The molecule has 0 fully saturated rings. The van der Waals surface area contributed by atoms with E-state index < -0.39 is 0 Å². The lowest BCUT2D eigenvalue weighted by molar-refractivity contribution is -0.132.